The lowest BCUT2D eigenvalue weighted by Gasteiger charge is -2.19. The van der Waals surface area contributed by atoms with E-state index in [1.165, 1.54) is 0 Å². The fraction of sp³-hybridized carbons (Fsp3) is 1.00. The first-order valence-electron chi connectivity index (χ1n) is 3.51. The third kappa shape index (κ3) is 6.39. The summed E-state index contributed by atoms with van der Waals surface area (Å²) >= 11 is 1.87. The molecule has 2 nitrogen and oxygen atoms in total. The summed E-state index contributed by atoms with van der Waals surface area (Å²) in [6, 6.07) is 0. The number of rotatable bonds is 4. The van der Waals surface area contributed by atoms with Crippen molar-refractivity contribution >= 4 is 11.9 Å². The fourth-order valence-electron chi connectivity index (χ4n) is 0.907. The lowest BCUT2D eigenvalue weighted by molar-refractivity contribution is 0.411. The summed E-state index contributed by atoms with van der Waals surface area (Å²) in [4.78, 5) is 2.21. The van der Waals surface area contributed by atoms with E-state index < -0.39 is 0 Å². The minimum Gasteiger partial charge on any atom is -0.308 e. The maximum atomic E-state index is 2.24. The number of nitrogens with zero attached hydrogens (tertiary/aromatic N) is 2. The van der Waals surface area contributed by atoms with Crippen LogP contribution in [-0.4, -0.2) is 49.2 Å². The first-order chi connectivity index (χ1) is 4.52. The van der Waals surface area contributed by atoms with Crippen molar-refractivity contribution in [1.82, 2.24) is 9.21 Å². The van der Waals surface area contributed by atoms with Crippen LogP contribution in [0.4, 0.5) is 0 Å². The Morgan fingerprint density at radius 1 is 1.20 bits per heavy atom. The van der Waals surface area contributed by atoms with E-state index in [0.717, 1.165) is 6.54 Å². The predicted octanol–water partition coefficient (Wildman–Crippen LogP) is 1.15. The zero-order valence-electron chi connectivity index (χ0n) is 7.59. The molecular formula is C7H18N2S. The average molecular weight is 162 g/mol. The van der Waals surface area contributed by atoms with Gasteiger partial charge in [0.05, 0.1) is 0 Å². The minimum atomic E-state index is 0.685. The van der Waals surface area contributed by atoms with Crippen LogP contribution in [-0.2, 0) is 0 Å². The van der Waals surface area contributed by atoms with Crippen LogP contribution in [0, 0.1) is 0 Å². The van der Waals surface area contributed by atoms with E-state index >= 15 is 0 Å². The molecule has 0 aromatic heterocycles. The van der Waals surface area contributed by atoms with Crippen LogP contribution in [0.5, 0.6) is 0 Å². The largest absolute Gasteiger partial charge is 0.308 e. The van der Waals surface area contributed by atoms with Crippen molar-refractivity contribution in [2.45, 2.75) is 12.2 Å². The molecule has 0 amide bonds. The van der Waals surface area contributed by atoms with Crippen LogP contribution in [0.25, 0.3) is 0 Å². The smallest absolute Gasteiger partial charge is 0.0293 e. The molecule has 3 heteroatoms. The van der Waals surface area contributed by atoms with Gasteiger partial charge in [0.1, 0.15) is 0 Å². The Labute approximate surface area is 68.7 Å². The van der Waals surface area contributed by atoms with Gasteiger partial charge in [-0.2, -0.15) is 0 Å². The van der Waals surface area contributed by atoms with Gasteiger partial charge in [-0.3, -0.25) is 4.31 Å². The Balaban J connectivity index is 3.34. The van der Waals surface area contributed by atoms with E-state index in [1.54, 1.807) is 0 Å². The minimum absolute atomic E-state index is 0.685. The molecule has 1 unspecified atom stereocenters. The fourth-order valence-corrected chi connectivity index (χ4v) is 1.99. The molecule has 1 atom stereocenters. The SMILES string of the molecule is CC(CN(C)C)SN(C)C. The topological polar surface area (TPSA) is 6.48 Å². The molecule has 0 aliphatic heterocycles. The van der Waals surface area contributed by atoms with Gasteiger partial charge in [0.15, 0.2) is 0 Å². The number of hydrogen-bond donors (Lipinski definition) is 0. The van der Waals surface area contributed by atoms with Gasteiger partial charge >= 0.3 is 0 Å². The molecule has 0 N–H and O–H groups in total. The van der Waals surface area contributed by atoms with Gasteiger partial charge < -0.3 is 4.90 Å². The molecule has 0 aliphatic carbocycles. The Bertz CT molecular complexity index is 73.7. The molecule has 0 saturated heterocycles. The van der Waals surface area contributed by atoms with Crippen molar-refractivity contribution in [2.75, 3.05) is 34.7 Å². The van der Waals surface area contributed by atoms with Crippen LogP contribution >= 0.6 is 11.9 Å². The van der Waals surface area contributed by atoms with Gasteiger partial charge in [-0.15, -0.1) is 0 Å². The molecule has 0 fully saturated rings. The predicted molar refractivity (Wildman–Crippen MR) is 49.3 cm³/mol. The molecule has 0 aromatic rings. The van der Waals surface area contributed by atoms with Crippen molar-refractivity contribution in [3.8, 4) is 0 Å². The normalized spacial score (nSPS) is 14.7. The summed E-state index contributed by atoms with van der Waals surface area (Å²) in [6.07, 6.45) is 0. The molecule has 0 spiro atoms. The van der Waals surface area contributed by atoms with Crippen LogP contribution < -0.4 is 0 Å². The monoisotopic (exact) mass is 162 g/mol. The summed E-state index contributed by atoms with van der Waals surface area (Å²) < 4.78 is 2.15. The van der Waals surface area contributed by atoms with Gasteiger partial charge in [-0.05, 0) is 28.2 Å². The molecule has 10 heavy (non-hydrogen) atoms. The van der Waals surface area contributed by atoms with E-state index in [4.69, 9.17) is 0 Å². The van der Waals surface area contributed by atoms with Crippen molar-refractivity contribution < 1.29 is 0 Å². The summed E-state index contributed by atoms with van der Waals surface area (Å²) in [5.74, 6) is 0. The average Bonchev–Trinajstić information content (AvgIpc) is 1.58. The van der Waals surface area contributed by atoms with E-state index in [1.807, 2.05) is 11.9 Å². The molecule has 0 aliphatic rings. The lowest BCUT2D eigenvalue weighted by Crippen LogP contribution is -2.23. The Morgan fingerprint density at radius 2 is 1.70 bits per heavy atom. The van der Waals surface area contributed by atoms with Crippen molar-refractivity contribution in [3.05, 3.63) is 0 Å². The van der Waals surface area contributed by atoms with Gasteiger partial charge in [-0.1, -0.05) is 18.9 Å². The van der Waals surface area contributed by atoms with Crippen molar-refractivity contribution in [1.29, 1.82) is 0 Å². The van der Waals surface area contributed by atoms with Crippen LogP contribution in [0.2, 0.25) is 0 Å². The highest BCUT2D eigenvalue weighted by atomic mass is 32.2. The van der Waals surface area contributed by atoms with E-state index in [9.17, 15) is 0 Å². The summed E-state index contributed by atoms with van der Waals surface area (Å²) in [5, 5.41) is 0.685. The van der Waals surface area contributed by atoms with Gasteiger partial charge in [-0.25, -0.2) is 0 Å². The standard InChI is InChI=1S/C7H18N2S/c1-7(6-8(2)3)10-9(4)5/h7H,6H2,1-5H3. The third-order valence-corrected chi connectivity index (χ3v) is 1.94. The Hall–Kier alpha value is 0.270. The second-order valence-electron chi connectivity index (χ2n) is 2.99. The van der Waals surface area contributed by atoms with E-state index in [2.05, 4.69) is 44.3 Å². The highest BCUT2D eigenvalue weighted by Gasteiger charge is 2.04. The third-order valence-electron chi connectivity index (χ3n) is 1.01. The lowest BCUT2D eigenvalue weighted by atomic mass is 10.4. The molecule has 0 rings (SSSR count). The summed E-state index contributed by atoms with van der Waals surface area (Å²) in [5.41, 5.74) is 0. The summed E-state index contributed by atoms with van der Waals surface area (Å²) in [6.45, 7) is 3.38. The van der Waals surface area contributed by atoms with Gasteiger partial charge in [0.25, 0.3) is 0 Å². The second kappa shape index (κ2) is 4.99. The Morgan fingerprint density at radius 3 is 2.00 bits per heavy atom. The quantitative estimate of drug-likeness (QED) is 0.573. The molecule has 0 radical (unpaired) electrons. The van der Waals surface area contributed by atoms with Gasteiger partial charge in [0.2, 0.25) is 0 Å². The molecule has 62 valence electrons. The molecule has 0 heterocycles. The molecule has 0 saturated carbocycles. The highest BCUT2D eigenvalue weighted by molar-refractivity contribution is 7.97. The second-order valence-corrected chi connectivity index (χ2v) is 4.74. The highest BCUT2D eigenvalue weighted by Crippen LogP contribution is 2.12. The first kappa shape index (κ1) is 10.3. The number of hydrogen-bond acceptors (Lipinski definition) is 3. The maximum Gasteiger partial charge on any atom is 0.0293 e. The zero-order chi connectivity index (χ0) is 8.15. The van der Waals surface area contributed by atoms with Crippen LogP contribution in [0.3, 0.4) is 0 Å². The zero-order valence-corrected chi connectivity index (χ0v) is 8.40. The van der Waals surface area contributed by atoms with Crippen molar-refractivity contribution in [3.63, 3.8) is 0 Å². The van der Waals surface area contributed by atoms with Crippen molar-refractivity contribution in [2.24, 2.45) is 0 Å². The molecular weight excluding hydrogens is 144 g/mol. The van der Waals surface area contributed by atoms with Gasteiger partial charge in [0, 0.05) is 11.8 Å². The molecule has 0 aromatic carbocycles. The summed E-state index contributed by atoms with van der Waals surface area (Å²) in [7, 11) is 8.37. The van der Waals surface area contributed by atoms with E-state index in [0.29, 0.717) is 5.25 Å². The van der Waals surface area contributed by atoms with Crippen LogP contribution in [0.1, 0.15) is 6.92 Å². The Kier molecular flexibility index (Phi) is 5.13. The van der Waals surface area contributed by atoms with E-state index in [-0.39, 0.29) is 0 Å². The van der Waals surface area contributed by atoms with Crippen LogP contribution in [0.15, 0.2) is 0 Å². The first-order valence-corrected chi connectivity index (χ1v) is 4.35. The maximum absolute atomic E-state index is 2.24. The molecule has 0 bridgehead atoms.